The molecule has 7 heteroatoms. The molecule has 0 aromatic heterocycles. The Morgan fingerprint density at radius 1 is 1.71 bits per heavy atom. The number of esters is 1. The summed E-state index contributed by atoms with van der Waals surface area (Å²) >= 11 is 0. The van der Waals surface area contributed by atoms with Crippen LogP contribution in [0.4, 0.5) is 0 Å². The van der Waals surface area contributed by atoms with Gasteiger partial charge in [0.15, 0.2) is 0 Å². The van der Waals surface area contributed by atoms with Crippen LogP contribution in [0.15, 0.2) is 5.11 Å². The molecular weight excluding hydrogens is 190 g/mol. The van der Waals surface area contributed by atoms with Gasteiger partial charge in [0.2, 0.25) is 0 Å². The van der Waals surface area contributed by atoms with Crippen LogP contribution >= 0.6 is 0 Å². The lowest BCUT2D eigenvalue weighted by molar-refractivity contribution is -0.165. The third kappa shape index (κ3) is 2.59. The summed E-state index contributed by atoms with van der Waals surface area (Å²) in [4.78, 5) is 13.3. The van der Waals surface area contributed by atoms with Crippen molar-refractivity contribution in [2.75, 3.05) is 13.2 Å². The van der Waals surface area contributed by atoms with Crippen LogP contribution in [-0.2, 0) is 14.3 Å². The fourth-order valence-corrected chi connectivity index (χ4v) is 1.27. The first-order valence-electron chi connectivity index (χ1n) is 4.12. The maximum atomic E-state index is 10.7. The number of aliphatic hydroxyl groups is 1. The predicted octanol–water partition coefficient (Wildman–Crippen LogP) is -0.0119. The summed E-state index contributed by atoms with van der Waals surface area (Å²) in [7, 11) is 0. The van der Waals surface area contributed by atoms with Gasteiger partial charge in [-0.1, -0.05) is 5.11 Å². The van der Waals surface area contributed by atoms with E-state index in [0.717, 1.165) is 0 Å². The van der Waals surface area contributed by atoms with Gasteiger partial charge in [-0.2, -0.15) is 0 Å². The minimum absolute atomic E-state index is 0.0788. The highest BCUT2D eigenvalue weighted by atomic mass is 16.6. The predicted molar refractivity (Wildman–Crippen MR) is 45.3 cm³/mol. The van der Waals surface area contributed by atoms with Crippen molar-refractivity contribution >= 4 is 5.97 Å². The van der Waals surface area contributed by atoms with Crippen LogP contribution in [0.5, 0.6) is 0 Å². The van der Waals surface area contributed by atoms with Crippen molar-refractivity contribution in [2.24, 2.45) is 5.11 Å². The Balaban J connectivity index is 2.69. The fourth-order valence-electron chi connectivity index (χ4n) is 1.27. The smallest absolute Gasteiger partial charge is 0.303 e. The number of aliphatic hydroxyl groups excluding tert-OH is 1. The normalized spacial score (nSPS) is 31.7. The Bertz CT molecular complexity index is 264. The molecule has 1 fully saturated rings. The van der Waals surface area contributed by atoms with Crippen molar-refractivity contribution in [1.82, 2.24) is 0 Å². The van der Waals surface area contributed by atoms with E-state index in [1.54, 1.807) is 0 Å². The largest absolute Gasteiger partial charge is 0.459 e. The van der Waals surface area contributed by atoms with Crippen LogP contribution in [0.1, 0.15) is 6.92 Å². The topological polar surface area (TPSA) is 105 Å². The van der Waals surface area contributed by atoms with E-state index in [2.05, 4.69) is 10.0 Å². The average molecular weight is 201 g/mol. The molecule has 0 amide bonds. The number of rotatable bonds is 2. The Kier molecular flexibility index (Phi) is 3.70. The van der Waals surface area contributed by atoms with Gasteiger partial charge in [0, 0.05) is 11.8 Å². The minimum atomic E-state index is -0.942. The molecule has 3 atom stereocenters. The van der Waals surface area contributed by atoms with E-state index < -0.39 is 24.2 Å². The van der Waals surface area contributed by atoms with Gasteiger partial charge in [-0.05, 0) is 5.53 Å². The van der Waals surface area contributed by atoms with E-state index in [1.807, 2.05) is 0 Å². The summed E-state index contributed by atoms with van der Waals surface area (Å²) in [5.41, 5.74) is 8.24. The average Bonchev–Trinajstić information content (AvgIpc) is 2.11. The lowest BCUT2D eigenvalue weighted by Gasteiger charge is -2.31. The number of azide groups is 1. The van der Waals surface area contributed by atoms with Crippen molar-refractivity contribution in [2.45, 2.75) is 25.2 Å². The fraction of sp³-hybridized carbons (Fsp3) is 0.857. The highest BCUT2D eigenvalue weighted by Crippen LogP contribution is 2.16. The molecule has 0 spiro atoms. The molecule has 0 saturated carbocycles. The van der Waals surface area contributed by atoms with Gasteiger partial charge in [-0.25, -0.2) is 0 Å². The molecule has 0 aromatic rings. The lowest BCUT2D eigenvalue weighted by Crippen LogP contribution is -2.48. The molecule has 1 aliphatic rings. The molecule has 0 radical (unpaired) electrons. The zero-order chi connectivity index (χ0) is 10.6. The van der Waals surface area contributed by atoms with Gasteiger partial charge in [0.05, 0.1) is 13.2 Å². The summed E-state index contributed by atoms with van der Waals surface area (Å²) in [6.45, 7) is 1.46. The van der Waals surface area contributed by atoms with Crippen molar-refractivity contribution in [3.63, 3.8) is 0 Å². The molecule has 1 heterocycles. The maximum absolute atomic E-state index is 10.7. The summed E-state index contributed by atoms with van der Waals surface area (Å²) in [5.74, 6) is -0.519. The molecule has 1 N–H and O–H groups in total. The Morgan fingerprint density at radius 2 is 2.43 bits per heavy atom. The van der Waals surface area contributed by atoms with Crippen LogP contribution in [0.3, 0.4) is 0 Å². The molecule has 1 aliphatic heterocycles. The highest BCUT2D eigenvalue weighted by Gasteiger charge is 2.34. The highest BCUT2D eigenvalue weighted by molar-refractivity contribution is 5.66. The Morgan fingerprint density at radius 3 is 3.00 bits per heavy atom. The van der Waals surface area contributed by atoms with Gasteiger partial charge in [0.1, 0.15) is 18.2 Å². The van der Waals surface area contributed by atoms with Crippen molar-refractivity contribution in [1.29, 1.82) is 0 Å². The van der Waals surface area contributed by atoms with E-state index in [-0.39, 0.29) is 13.2 Å². The number of ether oxygens (including phenoxy) is 2. The first-order valence-corrected chi connectivity index (χ1v) is 4.12. The van der Waals surface area contributed by atoms with Gasteiger partial charge in [-0.15, -0.1) is 0 Å². The van der Waals surface area contributed by atoms with Gasteiger partial charge in [0.25, 0.3) is 0 Å². The van der Waals surface area contributed by atoms with Crippen LogP contribution in [0.25, 0.3) is 10.4 Å². The number of carbonyl (C=O) groups is 1. The van der Waals surface area contributed by atoms with Crippen LogP contribution in [0, 0.1) is 0 Å². The van der Waals surface area contributed by atoms with Crippen LogP contribution in [-0.4, -0.2) is 42.5 Å². The quantitative estimate of drug-likeness (QED) is 0.293. The molecule has 0 bridgehead atoms. The second-order valence-electron chi connectivity index (χ2n) is 2.95. The Hall–Kier alpha value is -1.30. The molecule has 78 valence electrons. The third-order valence-electron chi connectivity index (χ3n) is 1.84. The van der Waals surface area contributed by atoms with Gasteiger partial charge < -0.3 is 14.6 Å². The van der Waals surface area contributed by atoms with E-state index in [1.165, 1.54) is 6.92 Å². The standard InChI is InChI=1S/C7H11N3O4/c1-4(11)14-7-5(9-10-8)2-13-3-6(7)12/h5-7,12H,2-3H2,1H3/t5-,6-,7+/m0/s1. The van der Waals surface area contributed by atoms with Crippen molar-refractivity contribution in [3.8, 4) is 0 Å². The zero-order valence-corrected chi connectivity index (χ0v) is 7.66. The SMILES string of the molecule is CC(=O)O[C@@H]1[C@@H](N=[N+]=[N-])COC[C@@H]1O. The summed E-state index contributed by atoms with van der Waals surface area (Å²) < 4.78 is 9.79. The van der Waals surface area contributed by atoms with Crippen LogP contribution < -0.4 is 0 Å². The number of hydrogen-bond donors (Lipinski definition) is 1. The summed E-state index contributed by atoms with van der Waals surface area (Å²) in [6.07, 6.45) is -1.75. The third-order valence-corrected chi connectivity index (χ3v) is 1.84. The van der Waals surface area contributed by atoms with E-state index >= 15 is 0 Å². The summed E-state index contributed by atoms with van der Waals surface area (Å²) in [6, 6.07) is -0.660. The van der Waals surface area contributed by atoms with E-state index in [9.17, 15) is 9.90 Å². The van der Waals surface area contributed by atoms with E-state index in [4.69, 9.17) is 15.0 Å². The number of carbonyl (C=O) groups excluding carboxylic acids is 1. The molecule has 0 unspecified atom stereocenters. The first kappa shape index (κ1) is 10.8. The molecule has 0 aromatic carbocycles. The minimum Gasteiger partial charge on any atom is -0.459 e. The molecule has 14 heavy (non-hydrogen) atoms. The zero-order valence-electron chi connectivity index (χ0n) is 7.66. The molecule has 1 saturated heterocycles. The monoisotopic (exact) mass is 201 g/mol. The summed E-state index contributed by atoms with van der Waals surface area (Å²) in [5, 5.41) is 12.8. The second-order valence-corrected chi connectivity index (χ2v) is 2.95. The number of hydrogen-bond acceptors (Lipinski definition) is 5. The van der Waals surface area contributed by atoms with Crippen molar-refractivity contribution < 1.29 is 19.4 Å². The van der Waals surface area contributed by atoms with Crippen LogP contribution in [0.2, 0.25) is 0 Å². The first-order chi connectivity index (χ1) is 6.65. The lowest BCUT2D eigenvalue weighted by atomic mass is 10.1. The molecule has 1 rings (SSSR count). The Labute approximate surface area is 80.2 Å². The van der Waals surface area contributed by atoms with Gasteiger partial charge in [-0.3, -0.25) is 4.79 Å². The molecule has 0 aliphatic carbocycles. The van der Waals surface area contributed by atoms with Crippen molar-refractivity contribution in [3.05, 3.63) is 10.4 Å². The van der Waals surface area contributed by atoms with Gasteiger partial charge >= 0.3 is 5.97 Å². The molecular formula is C7H11N3O4. The maximum Gasteiger partial charge on any atom is 0.303 e. The van der Waals surface area contributed by atoms with E-state index in [0.29, 0.717) is 0 Å². The number of nitrogens with zero attached hydrogens (tertiary/aromatic N) is 3. The molecule has 7 nitrogen and oxygen atoms in total. The second kappa shape index (κ2) is 4.80.